The van der Waals surface area contributed by atoms with Crippen LogP contribution < -0.4 is 10.7 Å². The van der Waals surface area contributed by atoms with Crippen LogP contribution in [0.4, 0.5) is 0 Å². The summed E-state index contributed by atoms with van der Waals surface area (Å²) in [5.41, 5.74) is 1.96. The minimum absolute atomic E-state index is 0.153. The van der Waals surface area contributed by atoms with E-state index in [2.05, 4.69) is 10.3 Å². The molecule has 76 valence electrons. The fourth-order valence-corrected chi connectivity index (χ4v) is 1.97. The number of nitrogens with one attached hydrogen (secondary N) is 2. The first kappa shape index (κ1) is 9.46. The summed E-state index contributed by atoms with van der Waals surface area (Å²) in [6, 6.07) is 1.93. The van der Waals surface area contributed by atoms with Crippen molar-refractivity contribution in [2.45, 2.75) is 32.2 Å². The fraction of sp³-hybridized carbons (Fsp3) is 0.545. The Balaban J connectivity index is 2.26. The molecule has 1 aliphatic rings. The van der Waals surface area contributed by atoms with Crippen LogP contribution in [0, 0.1) is 6.92 Å². The summed E-state index contributed by atoms with van der Waals surface area (Å²) in [7, 11) is 0. The maximum absolute atomic E-state index is 11.7. The van der Waals surface area contributed by atoms with Crippen molar-refractivity contribution in [3.05, 3.63) is 33.7 Å². The summed E-state index contributed by atoms with van der Waals surface area (Å²) in [6.45, 7) is 2.93. The molecule has 1 aromatic rings. The molecule has 2 N–H and O–H groups in total. The number of aromatic nitrogens is 1. The Kier molecular flexibility index (Phi) is 2.68. The molecule has 0 spiro atoms. The SMILES string of the molecule is Cc1cc(=O)c([C@H]2CCCCN2)c[nH]1. The average Bonchev–Trinajstić information content (AvgIpc) is 2.19. The van der Waals surface area contributed by atoms with E-state index in [1.165, 1.54) is 12.8 Å². The van der Waals surface area contributed by atoms with Crippen LogP contribution in [0.25, 0.3) is 0 Å². The van der Waals surface area contributed by atoms with Gasteiger partial charge < -0.3 is 10.3 Å². The molecule has 14 heavy (non-hydrogen) atoms. The van der Waals surface area contributed by atoms with Crippen LogP contribution in [0.2, 0.25) is 0 Å². The fourth-order valence-electron chi connectivity index (χ4n) is 1.97. The highest BCUT2D eigenvalue weighted by molar-refractivity contribution is 5.18. The molecule has 1 aromatic heterocycles. The molecule has 1 atom stereocenters. The topological polar surface area (TPSA) is 44.9 Å². The van der Waals surface area contributed by atoms with Crippen LogP contribution in [-0.4, -0.2) is 11.5 Å². The minimum atomic E-state index is 0.153. The van der Waals surface area contributed by atoms with Crippen LogP contribution >= 0.6 is 0 Å². The molecule has 0 amide bonds. The largest absolute Gasteiger partial charge is 0.365 e. The number of pyridine rings is 1. The molecule has 0 aromatic carbocycles. The smallest absolute Gasteiger partial charge is 0.186 e. The van der Waals surface area contributed by atoms with Gasteiger partial charge in [0.2, 0.25) is 0 Å². The van der Waals surface area contributed by atoms with Gasteiger partial charge in [0.1, 0.15) is 0 Å². The van der Waals surface area contributed by atoms with E-state index < -0.39 is 0 Å². The Bertz CT molecular complexity index is 364. The number of rotatable bonds is 1. The van der Waals surface area contributed by atoms with Crippen molar-refractivity contribution >= 4 is 0 Å². The predicted octanol–water partition coefficient (Wildman–Crippen LogP) is 1.50. The van der Waals surface area contributed by atoms with E-state index in [0.717, 1.165) is 24.2 Å². The Morgan fingerprint density at radius 1 is 1.43 bits per heavy atom. The van der Waals surface area contributed by atoms with Crippen molar-refractivity contribution in [1.82, 2.24) is 10.3 Å². The highest BCUT2D eigenvalue weighted by Crippen LogP contribution is 2.19. The third kappa shape index (κ3) is 1.87. The van der Waals surface area contributed by atoms with Crippen molar-refractivity contribution < 1.29 is 0 Å². The number of hydrogen-bond acceptors (Lipinski definition) is 2. The molecule has 1 fully saturated rings. The molecule has 0 unspecified atom stereocenters. The molecule has 0 bridgehead atoms. The molecular weight excluding hydrogens is 176 g/mol. The molecule has 0 radical (unpaired) electrons. The third-order valence-corrected chi connectivity index (χ3v) is 2.77. The second-order valence-corrected chi connectivity index (χ2v) is 3.94. The summed E-state index contributed by atoms with van der Waals surface area (Å²) in [4.78, 5) is 14.8. The lowest BCUT2D eigenvalue weighted by Crippen LogP contribution is -2.30. The maximum atomic E-state index is 11.7. The Hall–Kier alpha value is -1.09. The van der Waals surface area contributed by atoms with E-state index in [4.69, 9.17) is 0 Å². The molecule has 3 heteroatoms. The van der Waals surface area contributed by atoms with E-state index >= 15 is 0 Å². The van der Waals surface area contributed by atoms with Gasteiger partial charge in [-0.25, -0.2) is 0 Å². The molecule has 0 aliphatic carbocycles. The maximum Gasteiger partial charge on any atom is 0.186 e. The lowest BCUT2D eigenvalue weighted by atomic mass is 9.98. The average molecular weight is 192 g/mol. The van der Waals surface area contributed by atoms with Crippen LogP contribution in [0.5, 0.6) is 0 Å². The highest BCUT2D eigenvalue weighted by atomic mass is 16.1. The van der Waals surface area contributed by atoms with Gasteiger partial charge in [-0.15, -0.1) is 0 Å². The quantitative estimate of drug-likeness (QED) is 0.708. The monoisotopic (exact) mass is 192 g/mol. The van der Waals surface area contributed by atoms with Gasteiger partial charge in [0.05, 0.1) is 0 Å². The lowest BCUT2D eigenvalue weighted by molar-refractivity contribution is 0.410. The van der Waals surface area contributed by atoms with Gasteiger partial charge in [-0.05, 0) is 26.3 Å². The van der Waals surface area contributed by atoms with Crippen molar-refractivity contribution in [2.24, 2.45) is 0 Å². The number of aromatic amines is 1. The normalized spacial score (nSPS) is 22.2. The van der Waals surface area contributed by atoms with Gasteiger partial charge in [-0.1, -0.05) is 6.42 Å². The van der Waals surface area contributed by atoms with E-state index in [-0.39, 0.29) is 11.5 Å². The Morgan fingerprint density at radius 2 is 2.29 bits per heavy atom. The van der Waals surface area contributed by atoms with Gasteiger partial charge in [0.15, 0.2) is 5.43 Å². The molecular formula is C11H16N2O. The van der Waals surface area contributed by atoms with E-state index in [1.54, 1.807) is 6.07 Å². The summed E-state index contributed by atoms with van der Waals surface area (Å²) in [5, 5.41) is 3.38. The van der Waals surface area contributed by atoms with Gasteiger partial charge in [-0.2, -0.15) is 0 Å². The van der Waals surface area contributed by atoms with Crippen molar-refractivity contribution in [3.8, 4) is 0 Å². The number of piperidine rings is 1. The second-order valence-electron chi connectivity index (χ2n) is 3.94. The van der Waals surface area contributed by atoms with Crippen molar-refractivity contribution in [3.63, 3.8) is 0 Å². The van der Waals surface area contributed by atoms with Gasteiger partial charge >= 0.3 is 0 Å². The van der Waals surface area contributed by atoms with Crippen molar-refractivity contribution in [1.29, 1.82) is 0 Å². The van der Waals surface area contributed by atoms with Crippen LogP contribution in [0.1, 0.15) is 36.6 Å². The zero-order valence-corrected chi connectivity index (χ0v) is 8.47. The molecule has 0 saturated carbocycles. The Labute approximate surface area is 83.5 Å². The molecule has 3 nitrogen and oxygen atoms in total. The second kappa shape index (κ2) is 3.96. The summed E-state index contributed by atoms with van der Waals surface area (Å²) in [6.07, 6.45) is 5.36. The van der Waals surface area contributed by atoms with Crippen LogP contribution in [0.3, 0.4) is 0 Å². The van der Waals surface area contributed by atoms with Gasteiger partial charge in [0.25, 0.3) is 0 Å². The summed E-state index contributed by atoms with van der Waals surface area (Å²) >= 11 is 0. The number of hydrogen-bond donors (Lipinski definition) is 2. The number of H-pyrrole nitrogens is 1. The number of aryl methyl sites for hydroxylation is 1. The first-order chi connectivity index (χ1) is 6.77. The van der Waals surface area contributed by atoms with Gasteiger partial charge in [0, 0.05) is 29.6 Å². The highest BCUT2D eigenvalue weighted by Gasteiger charge is 2.16. The first-order valence-corrected chi connectivity index (χ1v) is 5.20. The molecule has 1 saturated heterocycles. The zero-order valence-electron chi connectivity index (χ0n) is 8.47. The van der Waals surface area contributed by atoms with Gasteiger partial charge in [-0.3, -0.25) is 4.79 Å². The Morgan fingerprint density at radius 3 is 2.93 bits per heavy atom. The summed E-state index contributed by atoms with van der Waals surface area (Å²) < 4.78 is 0. The third-order valence-electron chi connectivity index (χ3n) is 2.77. The zero-order chi connectivity index (χ0) is 9.97. The van der Waals surface area contributed by atoms with E-state index in [0.29, 0.717) is 0 Å². The molecule has 2 rings (SSSR count). The lowest BCUT2D eigenvalue weighted by Gasteiger charge is -2.23. The van der Waals surface area contributed by atoms with Crippen LogP contribution in [0.15, 0.2) is 17.1 Å². The standard InChI is InChI=1S/C11H16N2O/c1-8-6-11(14)9(7-13-8)10-4-2-3-5-12-10/h6-7,10,12H,2-5H2,1H3,(H,13,14)/t10-/m1/s1. The first-order valence-electron chi connectivity index (χ1n) is 5.20. The minimum Gasteiger partial charge on any atom is -0.365 e. The van der Waals surface area contributed by atoms with E-state index in [1.807, 2.05) is 13.1 Å². The summed E-state index contributed by atoms with van der Waals surface area (Å²) in [5.74, 6) is 0. The predicted molar refractivity (Wildman–Crippen MR) is 56.4 cm³/mol. The molecule has 1 aliphatic heterocycles. The van der Waals surface area contributed by atoms with E-state index in [9.17, 15) is 4.79 Å². The van der Waals surface area contributed by atoms with Crippen LogP contribution in [-0.2, 0) is 0 Å². The van der Waals surface area contributed by atoms with Crippen molar-refractivity contribution in [2.75, 3.05) is 6.54 Å². The molecule has 2 heterocycles.